The van der Waals surface area contributed by atoms with Gasteiger partial charge in [-0.05, 0) is 18.9 Å². The molecule has 2 aliphatic rings. The summed E-state index contributed by atoms with van der Waals surface area (Å²) in [6.45, 7) is 2.13. The van der Waals surface area contributed by atoms with Gasteiger partial charge in [-0.15, -0.1) is 0 Å². The Balaban J connectivity index is 1.88. The van der Waals surface area contributed by atoms with Crippen molar-refractivity contribution in [3.8, 4) is 0 Å². The molecule has 2 rings (SSSR count). The first kappa shape index (κ1) is 7.13. The Hall–Kier alpha value is -0.540. The van der Waals surface area contributed by atoms with Crippen molar-refractivity contribution >= 4 is 0 Å². The molecule has 0 aliphatic carbocycles. The second-order valence-corrected chi connectivity index (χ2v) is 3.01. The standard InChI is InChI=1S/C8H14N2O/c1-2-6-11-7(3-1)8-9-4-5-10-8/h2,6-10H,1,3-5H2. The Bertz CT molecular complexity index is 152. The maximum atomic E-state index is 5.46. The van der Waals surface area contributed by atoms with E-state index in [1.165, 1.54) is 0 Å². The Morgan fingerprint density at radius 1 is 1.27 bits per heavy atom. The van der Waals surface area contributed by atoms with Crippen LogP contribution in [-0.4, -0.2) is 25.4 Å². The molecule has 0 amide bonds. The number of nitrogens with one attached hydrogen (secondary N) is 2. The van der Waals surface area contributed by atoms with E-state index >= 15 is 0 Å². The zero-order chi connectivity index (χ0) is 7.52. The van der Waals surface area contributed by atoms with E-state index in [4.69, 9.17) is 4.74 Å². The summed E-state index contributed by atoms with van der Waals surface area (Å²) in [6.07, 6.45) is 6.87. The lowest BCUT2D eigenvalue weighted by Crippen LogP contribution is -2.44. The van der Waals surface area contributed by atoms with Crippen LogP contribution in [0.3, 0.4) is 0 Å². The summed E-state index contributed by atoms with van der Waals surface area (Å²) in [7, 11) is 0. The predicted octanol–water partition coefficient (Wildman–Crippen LogP) is 0.198. The normalized spacial score (nSPS) is 32.2. The lowest BCUT2D eigenvalue weighted by molar-refractivity contribution is 0.0852. The van der Waals surface area contributed by atoms with E-state index in [0.29, 0.717) is 12.3 Å². The predicted molar refractivity (Wildman–Crippen MR) is 43.0 cm³/mol. The van der Waals surface area contributed by atoms with Crippen LogP contribution in [0.4, 0.5) is 0 Å². The van der Waals surface area contributed by atoms with Gasteiger partial charge in [-0.1, -0.05) is 0 Å². The number of ether oxygens (including phenoxy) is 1. The van der Waals surface area contributed by atoms with Gasteiger partial charge in [0.25, 0.3) is 0 Å². The molecule has 1 unspecified atom stereocenters. The third-order valence-electron chi connectivity index (χ3n) is 2.19. The van der Waals surface area contributed by atoms with Crippen molar-refractivity contribution in [3.63, 3.8) is 0 Å². The zero-order valence-electron chi connectivity index (χ0n) is 6.55. The number of hydrogen-bond acceptors (Lipinski definition) is 3. The molecular formula is C8H14N2O. The van der Waals surface area contributed by atoms with E-state index in [1.807, 2.05) is 6.26 Å². The maximum absolute atomic E-state index is 5.46. The molecule has 0 radical (unpaired) electrons. The Labute approximate surface area is 66.8 Å². The van der Waals surface area contributed by atoms with Crippen molar-refractivity contribution < 1.29 is 4.74 Å². The summed E-state index contributed by atoms with van der Waals surface area (Å²) in [4.78, 5) is 0. The summed E-state index contributed by atoms with van der Waals surface area (Å²) in [5.74, 6) is 0. The summed E-state index contributed by atoms with van der Waals surface area (Å²) in [5, 5.41) is 6.71. The Morgan fingerprint density at radius 2 is 2.09 bits per heavy atom. The van der Waals surface area contributed by atoms with Crippen LogP contribution in [-0.2, 0) is 4.74 Å². The molecule has 2 heterocycles. The summed E-state index contributed by atoms with van der Waals surface area (Å²) in [5.41, 5.74) is 0. The molecule has 1 fully saturated rings. The third-order valence-corrected chi connectivity index (χ3v) is 2.19. The first-order chi connectivity index (χ1) is 5.47. The van der Waals surface area contributed by atoms with E-state index < -0.39 is 0 Å². The molecule has 0 aromatic rings. The molecule has 3 nitrogen and oxygen atoms in total. The van der Waals surface area contributed by atoms with E-state index in [0.717, 1.165) is 25.9 Å². The molecule has 0 aromatic heterocycles. The second-order valence-electron chi connectivity index (χ2n) is 3.01. The Kier molecular flexibility index (Phi) is 2.10. The quantitative estimate of drug-likeness (QED) is 0.566. The van der Waals surface area contributed by atoms with Crippen LogP contribution in [0.1, 0.15) is 12.8 Å². The first-order valence-electron chi connectivity index (χ1n) is 4.24. The van der Waals surface area contributed by atoms with Gasteiger partial charge in [0.2, 0.25) is 0 Å². The second kappa shape index (κ2) is 3.24. The van der Waals surface area contributed by atoms with E-state index in [1.54, 1.807) is 0 Å². The first-order valence-corrected chi connectivity index (χ1v) is 4.24. The molecule has 2 aliphatic heterocycles. The molecule has 0 bridgehead atoms. The fraction of sp³-hybridized carbons (Fsp3) is 0.750. The van der Waals surface area contributed by atoms with Gasteiger partial charge in [-0.3, -0.25) is 10.6 Å². The average molecular weight is 154 g/mol. The van der Waals surface area contributed by atoms with Gasteiger partial charge < -0.3 is 4.74 Å². The van der Waals surface area contributed by atoms with Crippen LogP contribution in [0, 0.1) is 0 Å². The van der Waals surface area contributed by atoms with Gasteiger partial charge in [-0.25, -0.2) is 0 Å². The van der Waals surface area contributed by atoms with E-state index in [2.05, 4.69) is 16.7 Å². The third kappa shape index (κ3) is 1.54. The van der Waals surface area contributed by atoms with Crippen LogP contribution >= 0.6 is 0 Å². The monoisotopic (exact) mass is 154 g/mol. The van der Waals surface area contributed by atoms with Crippen molar-refractivity contribution in [3.05, 3.63) is 12.3 Å². The molecule has 11 heavy (non-hydrogen) atoms. The summed E-state index contributed by atoms with van der Waals surface area (Å²) < 4.78 is 5.46. The van der Waals surface area contributed by atoms with Crippen LogP contribution in [0.25, 0.3) is 0 Å². The lowest BCUT2D eigenvalue weighted by atomic mass is 10.1. The number of allylic oxidation sites excluding steroid dienone is 1. The molecular weight excluding hydrogens is 140 g/mol. The SMILES string of the molecule is C1=COC(C2NCCN2)CC1. The van der Waals surface area contributed by atoms with Crippen molar-refractivity contribution in [1.82, 2.24) is 10.6 Å². The average Bonchev–Trinajstić information content (AvgIpc) is 2.58. The summed E-state index contributed by atoms with van der Waals surface area (Å²) >= 11 is 0. The molecule has 62 valence electrons. The molecule has 0 saturated carbocycles. The number of hydrogen-bond donors (Lipinski definition) is 2. The molecule has 3 heteroatoms. The highest BCUT2D eigenvalue weighted by Gasteiger charge is 2.25. The van der Waals surface area contributed by atoms with Gasteiger partial charge >= 0.3 is 0 Å². The maximum Gasteiger partial charge on any atom is 0.126 e. The highest BCUT2D eigenvalue weighted by molar-refractivity contribution is 4.89. The van der Waals surface area contributed by atoms with Crippen molar-refractivity contribution in [1.29, 1.82) is 0 Å². The molecule has 1 atom stereocenters. The van der Waals surface area contributed by atoms with Gasteiger partial charge in [0, 0.05) is 13.1 Å². The highest BCUT2D eigenvalue weighted by Crippen LogP contribution is 2.13. The minimum atomic E-state index is 0.336. The molecule has 0 spiro atoms. The van der Waals surface area contributed by atoms with Crippen molar-refractivity contribution in [2.45, 2.75) is 25.1 Å². The minimum absolute atomic E-state index is 0.336. The van der Waals surface area contributed by atoms with Crippen molar-refractivity contribution in [2.75, 3.05) is 13.1 Å². The highest BCUT2D eigenvalue weighted by atomic mass is 16.5. The largest absolute Gasteiger partial charge is 0.495 e. The van der Waals surface area contributed by atoms with Crippen LogP contribution in [0.5, 0.6) is 0 Å². The fourth-order valence-electron chi connectivity index (χ4n) is 1.59. The Morgan fingerprint density at radius 3 is 2.73 bits per heavy atom. The van der Waals surface area contributed by atoms with Crippen molar-refractivity contribution in [2.24, 2.45) is 0 Å². The minimum Gasteiger partial charge on any atom is -0.495 e. The van der Waals surface area contributed by atoms with Crippen LogP contribution < -0.4 is 10.6 Å². The molecule has 2 N–H and O–H groups in total. The molecule has 0 aromatic carbocycles. The van der Waals surface area contributed by atoms with E-state index in [-0.39, 0.29) is 0 Å². The zero-order valence-corrected chi connectivity index (χ0v) is 6.55. The topological polar surface area (TPSA) is 33.3 Å². The van der Waals surface area contributed by atoms with Crippen LogP contribution in [0.15, 0.2) is 12.3 Å². The van der Waals surface area contributed by atoms with Gasteiger partial charge in [-0.2, -0.15) is 0 Å². The smallest absolute Gasteiger partial charge is 0.126 e. The fourth-order valence-corrected chi connectivity index (χ4v) is 1.59. The molecule has 1 saturated heterocycles. The summed E-state index contributed by atoms with van der Waals surface area (Å²) in [6, 6.07) is 0. The van der Waals surface area contributed by atoms with Gasteiger partial charge in [0.1, 0.15) is 6.10 Å². The van der Waals surface area contributed by atoms with Crippen LogP contribution in [0.2, 0.25) is 0 Å². The number of rotatable bonds is 1. The lowest BCUT2D eigenvalue weighted by Gasteiger charge is -2.25. The van der Waals surface area contributed by atoms with E-state index in [9.17, 15) is 0 Å². The van der Waals surface area contributed by atoms with Gasteiger partial charge in [0.15, 0.2) is 0 Å². The van der Waals surface area contributed by atoms with Gasteiger partial charge in [0.05, 0.1) is 12.4 Å².